The van der Waals surface area contributed by atoms with Crippen LogP contribution < -0.4 is 5.19 Å². The minimum Gasteiger partial charge on any atom is -0.457 e. The maximum Gasteiger partial charge on any atom is 0.217 e. The van der Waals surface area contributed by atoms with E-state index in [9.17, 15) is 0 Å². The summed E-state index contributed by atoms with van der Waals surface area (Å²) in [6, 6.07) is 23.4. The Morgan fingerprint density at radius 1 is 0.896 bits per heavy atom. The molecule has 0 spiro atoms. The Morgan fingerprint density at radius 3 is 2.38 bits per heavy atom. The number of aromatic nitrogens is 4. The SMILES string of the molecule is CC(C)Cc1cc(-c2[c-]cccc2)ncc1[Si](C)(C)C.Cc1cc(C)c2c(n1)oc1[c-]c(-c3cc(C4CCCCC4)ccn3)cnc12.[Ir]. The van der Waals surface area contributed by atoms with Crippen LogP contribution in [0.3, 0.4) is 0 Å². The van der Waals surface area contributed by atoms with Crippen LogP contribution in [0, 0.1) is 31.9 Å². The summed E-state index contributed by atoms with van der Waals surface area (Å²) in [7, 11) is -1.34. The molecule has 6 aromatic rings. The molecule has 48 heavy (non-hydrogen) atoms. The molecule has 0 unspecified atom stereocenters. The molecular formula is C41H46IrN4OSi-2. The van der Waals surface area contributed by atoms with Crippen molar-refractivity contribution in [2.75, 3.05) is 0 Å². The second-order valence-electron chi connectivity index (χ2n) is 14.5. The van der Waals surface area contributed by atoms with Crippen molar-refractivity contribution in [3.05, 3.63) is 102 Å². The van der Waals surface area contributed by atoms with E-state index in [-0.39, 0.29) is 20.1 Å². The summed E-state index contributed by atoms with van der Waals surface area (Å²) in [4.78, 5) is 18.4. The van der Waals surface area contributed by atoms with Crippen LogP contribution in [0.25, 0.3) is 44.7 Å². The molecule has 1 fully saturated rings. The molecule has 0 atom stereocenters. The van der Waals surface area contributed by atoms with E-state index in [1.54, 1.807) is 0 Å². The summed E-state index contributed by atoms with van der Waals surface area (Å²) < 4.78 is 5.97. The molecular weight excluding hydrogens is 785 g/mol. The molecule has 1 radical (unpaired) electrons. The van der Waals surface area contributed by atoms with Crippen LogP contribution in [-0.4, -0.2) is 28.0 Å². The van der Waals surface area contributed by atoms with Crippen LogP contribution in [0.2, 0.25) is 19.6 Å². The Balaban J connectivity index is 0.000000193. The summed E-state index contributed by atoms with van der Waals surface area (Å²) in [5.74, 6) is 1.32. The number of rotatable bonds is 6. The number of hydrogen-bond acceptors (Lipinski definition) is 5. The Hall–Kier alpha value is -3.51. The summed E-state index contributed by atoms with van der Waals surface area (Å²) >= 11 is 0. The Bertz CT molecular complexity index is 1990. The van der Waals surface area contributed by atoms with Gasteiger partial charge >= 0.3 is 0 Å². The fourth-order valence-corrected chi connectivity index (χ4v) is 8.40. The molecule has 251 valence electrons. The monoisotopic (exact) mass is 831 g/mol. The summed E-state index contributed by atoms with van der Waals surface area (Å²) in [5, 5.41) is 2.47. The standard InChI is InChI=1S/C23H22N3O.C18H24NSi.Ir/c1-14-10-15(2)26-23-21(14)22-20(27-23)12-18(13-25-22)19-11-17(8-9-24-19)16-6-4-3-5-7-16;1-14(2)11-16-12-17(15-9-7-6-8-10-15)19-13-18(16)20(3,4)5;/h8-11,13,16H,3-7H2,1-2H3;6-9,12-14H,11H2,1-5H3;/q2*-1;. The molecule has 1 aliphatic rings. The molecule has 0 saturated heterocycles. The number of pyridine rings is 4. The van der Waals surface area contributed by atoms with E-state index in [4.69, 9.17) is 4.42 Å². The quantitative estimate of drug-likeness (QED) is 0.124. The van der Waals surface area contributed by atoms with Gasteiger partial charge in [0.05, 0.1) is 13.7 Å². The molecule has 5 heterocycles. The van der Waals surface area contributed by atoms with Gasteiger partial charge in [-0.2, -0.15) is 0 Å². The first-order chi connectivity index (χ1) is 22.6. The average Bonchev–Trinajstić information content (AvgIpc) is 3.43. The molecule has 7 heteroatoms. The van der Waals surface area contributed by atoms with Gasteiger partial charge in [0.15, 0.2) is 0 Å². The van der Waals surface area contributed by atoms with Gasteiger partial charge in [0.25, 0.3) is 0 Å². The molecule has 0 amide bonds. The molecule has 0 N–H and O–H groups in total. The zero-order valence-corrected chi connectivity index (χ0v) is 32.7. The first kappa shape index (κ1) is 35.8. The van der Waals surface area contributed by atoms with Crippen LogP contribution in [0.15, 0.2) is 71.5 Å². The van der Waals surface area contributed by atoms with Gasteiger partial charge in [0.1, 0.15) is 0 Å². The Morgan fingerprint density at radius 2 is 1.67 bits per heavy atom. The van der Waals surface area contributed by atoms with E-state index >= 15 is 0 Å². The molecule has 1 aliphatic carbocycles. The van der Waals surface area contributed by atoms with Gasteiger partial charge in [-0.15, -0.1) is 41.5 Å². The average molecular weight is 831 g/mol. The van der Waals surface area contributed by atoms with Gasteiger partial charge in [0.2, 0.25) is 5.71 Å². The fourth-order valence-electron chi connectivity index (χ4n) is 6.81. The zero-order valence-electron chi connectivity index (χ0n) is 29.3. The molecule has 0 aliphatic heterocycles. The first-order valence-electron chi connectivity index (χ1n) is 17.1. The summed E-state index contributed by atoms with van der Waals surface area (Å²) in [6.07, 6.45) is 13.6. The van der Waals surface area contributed by atoms with Crippen LogP contribution in [0.5, 0.6) is 0 Å². The normalized spacial score (nSPS) is 13.8. The number of fused-ring (bicyclic) bond motifs is 3. The molecule has 0 bridgehead atoms. The van der Waals surface area contributed by atoms with Crippen LogP contribution in [-0.2, 0) is 26.5 Å². The van der Waals surface area contributed by atoms with E-state index in [2.05, 4.69) is 109 Å². The van der Waals surface area contributed by atoms with Crippen LogP contribution in [0.1, 0.15) is 74.3 Å². The van der Waals surface area contributed by atoms with E-state index in [0.717, 1.165) is 51.1 Å². The molecule has 1 aromatic carbocycles. The number of hydrogen-bond donors (Lipinski definition) is 0. The summed E-state index contributed by atoms with van der Waals surface area (Å²) in [6.45, 7) is 15.8. The van der Waals surface area contributed by atoms with E-state index in [1.165, 1.54) is 48.4 Å². The summed E-state index contributed by atoms with van der Waals surface area (Å²) in [5.41, 5.74) is 10.9. The number of aryl methyl sites for hydroxylation is 2. The fraction of sp³-hybridized carbons (Fsp3) is 0.366. The minimum atomic E-state index is -1.34. The van der Waals surface area contributed by atoms with Crippen LogP contribution in [0.4, 0.5) is 0 Å². The molecule has 1 saturated carbocycles. The predicted octanol–water partition coefficient (Wildman–Crippen LogP) is 10.2. The van der Waals surface area contributed by atoms with Gasteiger partial charge in [0, 0.05) is 49.1 Å². The number of benzene rings is 1. The van der Waals surface area contributed by atoms with Crippen molar-refractivity contribution in [2.24, 2.45) is 5.92 Å². The maximum atomic E-state index is 5.97. The second-order valence-corrected chi connectivity index (χ2v) is 19.5. The second kappa shape index (κ2) is 15.4. The van der Waals surface area contributed by atoms with Crippen molar-refractivity contribution >= 4 is 35.5 Å². The largest absolute Gasteiger partial charge is 0.457 e. The zero-order chi connectivity index (χ0) is 33.1. The third-order valence-electron chi connectivity index (χ3n) is 9.08. The van der Waals surface area contributed by atoms with Gasteiger partial charge in [-0.25, -0.2) is 4.98 Å². The maximum absolute atomic E-state index is 5.97. The predicted molar refractivity (Wildman–Crippen MR) is 197 cm³/mol. The van der Waals surface area contributed by atoms with E-state index in [1.807, 2.05) is 37.5 Å². The van der Waals surface area contributed by atoms with Crippen molar-refractivity contribution < 1.29 is 24.5 Å². The molecule has 5 nitrogen and oxygen atoms in total. The smallest absolute Gasteiger partial charge is 0.217 e. The molecule has 7 rings (SSSR count). The third-order valence-corrected chi connectivity index (χ3v) is 11.1. The van der Waals surface area contributed by atoms with Crippen LogP contribution >= 0.6 is 0 Å². The third kappa shape index (κ3) is 8.19. The van der Waals surface area contributed by atoms with Crippen molar-refractivity contribution in [1.29, 1.82) is 0 Å². The van der Waals surface area contributed by atoms with Crippen molar-refractivity contribution in [3.8, 4) is 22.5 Å². The van der Waals surface area contributed by atoms with Gasteiger partial charge in [-0.05, 0) is 79.2 Å². The van der Waals surface area contributed by atoms with E-state index < -0.39 is 8.07 Å². The van der Waals surface area contributed by atoms with Crippen molar-refractivity contribution in [3.63, 3.8) is 0 Å². The number of nitrogens with zero attached hydrogens (tertiary/aromatic N) is 4. The number of furan rings is 1. The topological polar surface area (TPSA) is 64.7 Å². The van der Waals surface area contributed by atoms with Gasteiger partial charge in [-0.3, -0.25) is 0 Å². The van der Waals surface area contributed by atoms with Crippen molar-refractivity contribution in [1.82, 2.24) is 19.9 Å². The minimum absolute atomic E-state index is 0. The van der Waals surface area contributed by atoms with Gasteiger partial charge in [-0.1, -0.05) is 88.3 Å². The van der Waals surface area contributed by atoms with Crippen molar-refractivity contribution in [2.45, 2.75) is 91.8 Å². The Kier molecular flexibility index (Phi) is 11.5. The van der Waals surface area contributed by atoms with Gasteiger partial charge < -0.3 is 19.4 Å². The Labute approximate surface area is 300 Å². The molecule has 5 aromatic heterocycles. The first-order valence-corrected chi connectivity index (χ1v) is 20.6. The van der Waals surface area contributed by atoms with E-state index in [0.29, 0.717) is 23.1 Å².